The molecule has 2 aromatic rings. The number of nitrogens with zero attached hydrogens (tertiary/aromatic N) is 4. The van der Waals surface area contributed by atoms with Crippen molar-refractivity contribution in [3.05, 3.63) is 52.6 Å². The third-order valence-corrected chi connectivity index (χ3v) is 7.06. The summed E-state index contributed by atoms with van der Waals surface area (Å²) >= 11 is 0. The maximum absolute atomic E-state index is 13.6. The average Bonchev–Trinajstić information content (AvgIpc) is 3.14. The molecule has 0 N–H and O–H groups in total. The Balaban J connectivity index is 1.52. The van der Waals surface area contributed by atoms with Crippen LogP contribution in [0, 0.1) is 11.7 Å². The van der Waals surface area contributed by atoms with Crippen LogP contribution in [0.4, 0.5) is 17.6 Å². The standard InChI is InChI=1S/C24H30F4N4O/c1-3-19-12-17(8-10-30(19)2)13-22(33)31-11-9-20-21(15-31)32(29-23(20)24(26,27)28)14-16-4-6-18(25)7-5-16/h4-7,17,19H,3,8-15H2,1-2H3. The molecule has 0 bridgehead atoms. The summed E-state index contributed by atoms with van der Waals surface area (Å²) in [6.07, 6.45) is -1.04. The Kier molecular flexibility index (Phi) is 6.79. The van der Waals surface area contributed by atoms with Crippen LogP contribution < -0.4 is 0 Å². The van der Waals surface area contributed by atoms with Gasteiger partial charge in [0, 0.05) is 24.6 Å². The zero-order valence-corrected chi connectivity index (χ0v) is 19.0. The molecule has 9 heteroatoms. The highest BCUT2D eigenvalue weighted by atomic mass is 19.4. The number of alkyl halides is 3. The molecule has 2 atom stereocenters. The van der Waals surface area contributed by atoms with E-state index in [0.717, 1.165) is 25.8 Å². The highest BCUT2D eigenvalue weighted by Gasteiger charge is 2.41. The van der Waals surface area contributed by atoms with Gasteiger partial charge in [-0.05, 0) is 62.9 Å². The van der Waals surface area contributed by atoms with E-state index in [2.05, 4.69) is 24.0 Å². The molecule has 1 aromatic carbocycles. The topological polar surface area (TPSA) is 41.4 Å². The molecule has 33 heavy (non-hydrogen) atoms. The Morgan fingerprint density at radius 1 is 1.18 bits per heavy atom. The number of likely N-dealkylation sites (tertiary alicyclic amines) is 1. The second-order valence-corrected chi connectivity index (χ2v) is 9.26. The Morgan fingerprint density at radius 2 is 1.91 bits per heavy atom. The van der Waals surface area contributed by atoms with Crippen LogP contribution in [0.1, 0.15) is 55.1 Å². The number of fused-ring (bicyclic) bond motifs is 1. The Labute approximate surface area is 191 Å². The summed E-state index contributed by atoms with van der Waals surface area (Å²) in [5.74, 6) is -0.115. The highest BCUT2D eigenvalue weighted by molar-refractivity contribution is 5.76. The normalized spacial score (nSPS) is 21.8. The van der Waals surface area contributed by atoms with Crippen molar-refractivity contribution in [1.82, 2.24) is 19.6 Å². The average molecular weight is 467 g/mol. The van der Waals surface area contributed by atoms with Gasteiger partial charge in [0.1, 0.15) is 5.82 Å². The van der Waals surface area contributed by atoms with E-state index >= 15 is 0 Å². The number of hydrogen-bond donors (Lipinski definition) is 0. The van der Waals surface area contributed by atoms with E-state index in [-0.39, 0.29) is 37.5 Å². The van der Waals surface area contributed by atoms with Crippen molar-refractivity contribution in [2.45, 2.75) is 64.3 Å². The van der Waals surface area contributed by atoms with E-state index in [9.17, 15) is 22.4 Å². The SMILES string of the molecule is CCC1CC(CC(=O)N2CCc3c(C(F)(F)F)nn(Cc4ccc(F)cc4)c3C2)CCN1C. The molecule has 2 unspecified atom stereocenters. The first-order valence-electron chi connectivity index (χ1n) is 11.5. The van der Waals surface area contributed by atoms with Crippen LogP contribution in [0.15, 0.2) is 24.3 Å². The zero-order valence-electron chi connectivity index (χ0n) is 19.0. The molecule has 1 saturated heterocycles. The van der Waals surface area contributed by atoms with Gasteiger partial charge in [0.15, 0.2) is 5.69 Å². The molecule has 0 radical (unpaired) electrons. The molecule has 1 aromatic heterocycles. The number of piperidine rings is 1. The van der Waals surface area contributed by atoms with Crippen LogP contribution >= 0.6 is 0 Å². The number of hydrogen-bond acceptors (Lipinski definition) is 3. The fourth-order valence-corrected chi connectivity index (χ4v) is 5.11. The van der Waals surface area contributed by atoms with Crippen molar-refractivity contribution in [3.8, 4) is 0 Å². The van der Waals surface area contributed by atoms with Crippen LogP contribution in [0.2, 0.25) is 0 Å². The smallest absolute Gasteiger partial charge is 0.336 e. The van der Waals surface area contributed by atoms with E-state index in [1.807, 2.05) is 0 Å². The minimum absolute atomic E-state index is 0.00635. The maximum atomic E-state index is 13.6. The molecular formula is C24H30F4N4O. The van der Waals surface area contributed by atoms with Gasteiger partial charge >= 0.3 is 6.18 Å². The summed E-state index contributed by atoms with van der Waals surface area (Å²) < 4.78 is 55.5. The molecule has 4 rings (SSSR count). The maximum Gasteiger partial charge on any atom is 0.435 e. The minimum atomic E-state index is -4.56. The molecule has 2 aliphatic heterocycles. The largest absolute Gasteiger partial charge is 0.435 e. The van der Waals surface area contributed by atoms with Gasteiger partial charge in [0.2, 0.25) is 5.91 Å². The molecule has 2 aliphatic rings. The monoisotopic (exact) mass is 466 g/mol. The summed E-state index contributed by atoms with van der Waals surface area (Å²) in [7, 11) is 2.11. The van der Waals surface area contributed by atoms with E-state index in [1.54, 1.807) is 4.90 Å². The fraction of sp³-hybridized carbons (Fsp3) is 0.583. The lowest BCUT2D eigenvalue weighted by atomic mass is 9.87. The number of halogens is 4. The molecule has 180 valence electrons. The van der Waals surface area contributed by atoms with Crippen LogP contribution in [0.3, 0.4) is 0 Å². The summed E-state index contributed by atoms with van der Waals surface area (Å²) in [5, 5.41) is 3.87. The Bertz CT molecular complexity index is 986. The minimum Gasteiger partial charge on any atom is -0.336 e. The van der Waals surface area contributed by atoms with Gasteiger partial charge in [0.25, 0.3) is 0 Å². The first-order valence-corrected chi connectivity index (χ1v) is 11.5. The van der Waals surface area contributed by atoms with Gasteiger partial charge in [-0.25, -0.2) is 4.39 Å². The molecule has 1 amide bonds. The first kappa shape index (κ1) is 23.7. The lowest BCUT2D eigenvalue weighted by molar-refractivity contribution is -0.142. The Morgan fingerprint density at radius 3 is 2.58 bits per heavy atom. The molecule has 1 fully saturated rings. The molecule has 5 nitrogen and oxygen atoms in total. The number of carbonyl (C=O) groups is 1. The van der Waals surface area contributed by atoms with Gasteiger partial charge in [-0.15, -0.1) is 0 Å². The lowest BCUT2D eigenvalue weighted by Gasteiger charge is -2.37. The molecule has 0 spiro atoms. The summed E-state index contributed by atoms with van der Waals surface area (Å²) in [6.45, 7) is 3.58. The molecular weight excluding hydrogens is 436 g/mol. The fourth-order valence-electron chi connectivity index (χ4n) is 5.11. The van der Waals surface area contributed by atoms with Crippen molar-refractivity contribution in [2.75, 3.05) is 20.1 Å². The van der Waals surface area contributed by atoms with Crippen molar-refractivity contribution in [1.29, 1.82) is 0 Å². The van der Waals surface area contributed by atoms with E-state index in [4.69, 9.17) is 0 Å². The molecule has 0 saturated carbocycles. The lowest BCUT2D eigenvalue weighted by Crippen LogP contribution is -2.42. The summed E-state index contributed by atoms with van der Waals surface area (Å²) in [5.41, 5.74) is 0.351. The van der Waals surface area contributed by atoms with Crippen molar-refractivity contribution >= 4 is 5.91 Å². The van der Waals surface area contributed by atoms with E-state index in [0.29, 0.717) is 29.6 Å². The van der Waals surface area contributed by atoms with Gasteiger partial charge in [0.05, 0.1) is 18.8 Å². The van der Waals surface area contributed by atoms with E-state index in [1.165, 1.54) is 28.9 Å². The Hall–Kier alpha value is -2.42. The second-order valence-electron chi connectivity index (χ2n) is 9.26. The predicted octanol–water partition coefficient (Wildman–Crippen LogP) is 4.48. The van der Waals surface area contributed by atoms with Crippen molar-refractivity contribution in [2.24, 2.45) is 5.92 Å². The van der Waals surface area contributed by atoms with Crippen LogP contribution in [0.5, 0.6) is 0 Å². The van der Waals surface area contributed by atoms with Crippen molar-refractivity contribution < 1.29 is 22.4 Å². The van der Waals surface area contributed by atoms with Crippen molar-refractivity contribution in [3.63, 3.8) is 0 Å². The van der Waals surface area contributed by atoms with Gasteiger partial charge in [-0.3, -0.25) is 9.48 Å². The third kappa shape index (κ3) is 5.23. The molecule has 3 heterocycles. The zero-order chi connectivity index (χ0) is 23.8. The van der Waals surface area contributed by atoms with Gasteiger partial charge in [-0.2, -0.15) is 18.3 Å². The number of aromatic nitrogens is 2. The highest BCUT2D eigenvalue weighted by Crippen LogP contribution is 2.36. The second kappa shape index (κ2) is 9.44. The predicted molar refractivity (Wildman–Crippen MR) is 116 cm³/mol. The van der Waals surface area contributed by atoms with Crippen LogP contribution in [-0.2, 0) is 30.5 Å². The molecule has 0 aliphatic carbocycles. The number of carbonyl (C=O) groups excluding carboxylic acids is 1. The number of amides is 1. The van der Waals surface area contributed by atoms with Gasteiger partial charge in [-0.1, -0.05) is 19.1 Å². The number of benzene rings is 1. The van der Waals surface area contributed by atoms with Gasteiger partial charge < -0.3 is 9.80 Å². The quantitative estimate of drug-likeness (QED) is 0.610. The van der Waals surface area contributed by atoms with E-state index < -0.39 is 17.7 Å². The summed E-state index contributed by atoms with van der Waals surface area (Å²) in [4.78, 5) is 17.1. The van der Waals surface area contributed by atoms with Crippen LogP contribution in [0.25, 0.3) is 0 Å². The number of rotatable bonds is 5. The third-order valence-electron chi connectivity index (χ3n) is 7.06. The van der Waals surface area contributed by atoms with Crippen LogP contribution in [-0.4, -0.2) is 51.7 Å². The summed E-state index contributed by atoms with van der Waals surface area (Å²) in [6, 6.07) is 6.09. The first-order chi connectivity index (χ1) is 15.7.